The van der Waals surface area contributed by atoms with Gasteiger partial charge in [0.25, 0.3) is 0 Å². The Labute approximate surface area is 176 Å². The van der Waals surface area contributed by atoms with E-state index in [-0.39, 0.29) is 30.8 Å². The van der Waals surface area contributed by atoms with Crippen molar-refractivity contribution in [2.75, 3.05) is 0 Å². The van der Waals surface area contributed by atoms with Crippen molar-refractivity contribution in [1.82, 2.24) is 10.2 Å². The van der Waals surface area contributed by atoms with Crippen LogP contribution in [0.25, 0.3) is 0 Å². The summed E-state index contributed by atoms with van der Waals surface area (Å²) in [4.78, 5) is 27.6. The van der Waals surface area contributed by atoms with Crippen molar-refractivity contribution in [1.29, 1.82) is 0 Å². The van der Waals surface area contributed by atoms with Gasteiger partial charge in [-0.15, -0.1) is 0 Å². The number of benzene rings is 2. The van der Waals surface area contributed by atoms with E-state index in [1.807, 2.05) is 51.1 Å². The van der Waals surface area contributed by atoms with Crippen LogP contribution in [0.1, 0.15) is 38.3 Å². The summed E-state index contributed by atoms with van der Waals surface area (Å²) in [5.74, 6) is -0.308. The molecule has 0 heterocycles. The Morgan fingerprint density at radius 1 is 1.07 bits per heavy atom. The van der Waals surface area contributed by atoms with E-state index >= 15 is 0 Å². The van der Waals surface area contributed by atoms with Crippen LogP contribution < -0.4 is 5.32 Å². The topological polar surface area (TPSA) is 49.4 Å². The first kappa shape index (κ1) is 22.3. The number of carbonyl (C=O) groups is 2. The predicted octanol–water partition coefficient (Wildman–Crippen LogP) is 4.87. The summed E-state index contributed by atoms with van der Waals surface area (Å²) in [7, 11) is 0. The average molecular weight is 421 g/mol. The molecule has 4 nitrogen and oxygen atoms in total. The molecule has 2 amide bonds. The summed E-state index contributed by atoms with van der Waals surface area (Å²) in [5.41, 5.74) is 1.61. The number of nitrogens with zero attached hydrogens (tertiary/aromatic N) is 1. The van der Waals surface area contributed by atoms with Gasteiger partial charge in [-0.05, 0) is 49.6 Å². The Bertz CT molecular complexity index is 824. The predicted molar refractivity (Wildman–Crippen MR) is 115 cm³/mol. The highest BCUT2D eigenvalue weighted by Gasteiger charge is 2.29. The fourth-order valence-corrected chi connectivity index (χ4v) is 3.44. The van der Waals surface area contributed by atoms with Crippen LogP contribution in [0.4, 0.5) is 0 Å². The van der Waals surface area contributed by atoms with E-state index in [0.29, 0.717) is 16.5 Å². The van der Waals surface area contributed by atoms with Crippen molar-refractivity contribution in [3.05, 3.63) is 69.7 Å². The van der Waals surface area contributed by atoms with Crippen LogP contribution >= 0.6 is 23.2 Å². The molecule has 28 heavy (non-hydrogen) atoms. The van der Waals surface area contributed by atoms with Gasteiger partial charge in [0.2, 0.25) is 11.8 Å². The number of halogens is 2. The van der Waals surface area contributed by atoms with Crippen LogP contribution in [-0.4, -0.2) is 28.8 Å². The monoisotopic (exact) mass is 420 g/mol. The zero-order valence-electron chi connectivity index (χ0n) is 16.4. The SMILES string of the molecule is CCC(C(=O)NC(C)C)N(Cc1ccccc1Cl)C(=O)Cc1cccc(Cl)c1. The second kappa shape index (κ2) is 10.5. The minimum atomic E-state index is -0.578. The Morgan fingerprint density at radius 2 is 1.79 bits per heavy atom. The second-order valence-corrected chi connectivity index (χ2v) is 7.85. The molecule has 2 aromatic rings. The molecule has 6 heteroatoms. The largest absolute Gasteiger partial charge is 0.352 e. The molecule has 0 bridgehead atoms. The molecule has 1 N–H and O–H groups in total. The zero-order valence-corrected chi connectivity index (χ0v) is 17.9. The van der Waals surface area contributed by atoms with Crippen LogP contribution in [0.15, 0.2) is 48.5 Å². The van der Waals surface area contributed by atoms with Gasteiger partial charge in [-0.2, -0.15) is 0 Å². The highest BCUT2D eigenvalue weighted by atomic mass is 35.5. The normalized spacial score (nSPS) is 11.9. The third-order valence-electron chi connectivity index (χ3n) is 4.36. The van der Waals surface area contributed by atoms with Crippen molar-refractivity contribution in [3.63, 3.8) is 0 Å². The van der Waals surface area contributed by atoms with Crippen LogP contribution in [0.2, 0.25) is 10.0 Å². The highest BCUT2D eigenvalue weighted by Crippen LogP contribution is 2.21. The molecule has 2 rings (SSSR count). The van der Waals surface area contributed by atoms with Crippen molar-refractivity contribution in [2.24, 2.45) is 0 Å². The van der Waals surface area contributed by atoms with Crippen LogP contribution in [0.5, 0.6) is 0 Å². The quantitative estimate of drug-likeness (QED) is 0.661. The number of carbonyl (C=O) groups excluding carboxylic acids is 2. The van der Waals surface area contributed by atoms with Crippen molar-refractivity contribution in [2.45, 2.75) is 52.2 Å². The molecule has 0 aromatic heterocycles. The molecule has 0 fully saturated rings. The van der Waals surface area contributed by atoms with Crippen molar-refractivity contribution >= 4 is 35.0 Å². The molecular formula is C22H26Cl2N2O2. The lowest BCUT2D eigenvalue weighted by atomic mass is 10.1. The summed E-state index contributed by atoms with van der Waals surface area (Å²) >= 11 is 12.4. The summed E-state index contributed by atoms with van der Waals surface area (Å²) in [6.07, 6.45) is 0.667. The van der Waals surface area contributed by atoms with E-state index in [9.17, 15) is 9.59 Å². The van der Waals surface area contributed by atoms with Gasteiger partial charge < -0.3 is 10.2 Å². The average Bonchev–Trinajstić information content (AvgIpc) is 2.62. The number of hydrogen-bond acceptors (Lipinski definition) is 2. The minimum Gasteiger partial charge on any atom is -0.352 e. The lowest BCUT2D eigenvalue weighted by molar-refractivity contribution is -0.141. The van der Waals surface area contributed by atoms with Gasteiger partial charge in [-0.1, -0.05) is 60.5 Å². The minimum absolute atomic E-state index is 0.00764. The van der Waals surface area contributed by atoms with Gasteiger partial charge in [-0.3, -0.25) is 9.59 Å². The van der Waals surface area contributed by atoms with Crippen LogP contribution in [0.3, 0.4) is 0 Å². The maximum absolute atomic E-state index is 13.2. The van der Waals surface area contributed by atoms with Crippen molar-refractivity contribution in [3.8, 4) is 0 Å². The third kappa shape index (κ3) is 6.25. The number of nitrogens with one attached hydrogen (secondary N) is 1. The van der Waals surface area contributed by atoms with Gasteiger partial charge in [0.1, 0.15) is 6.04 Å². The Balaban J connectivity index is 2.32. The maximum Gasteiger partial charge on any atom is 0.243 e. The fourth-order valence-electron chi connectivity index (χ4n) is 3.03. The highest BCUT2D eigenvalue weighted by molar-refractivity contribution is 6.31. The van der Waals surface area contributed by atoms with Gasteiger partial charge in [0, 0.05) is 22.6 Å². The number of amides is 2. The molecule has 0 aliphatic heterocycles. The lowest BCUT2D eigenvalue weighted by Gasteiger charge is -2.31. The maximum atomic E-state index is 13.2. The first-order chi connectivity index (χ1) is 13.3. The molecule has 0 saturated heterocycles. The van der Waals surface area contributed by atoms with Gasteiger partial charge in [0.05, 0.1) is 6.42 Å². The second-order valence-electron chi connectivity index (χ2n) is 7.01. The molecule has 0 saturated carbocycles. The number of hydrogen-bond donors (Lipinski definition) is 1. The van der Waals surface area contributed by atoms with E-state index in [2.05, 4.69) is 5.32 Å². The van der Waals surface area contributed by atoms with Gasteiger partial charge >= 0.3 is 0 Å². The van der Waals surface area contributed by atoms with E-state index in [4.69, 9.17) is 23.2 Å². The van der Waals surface area contributed by atoms with Gasteiger partial charge in [-0.25, -0.2) is 0 Å². The van der Waals surface area contributed by atoms with Crippen LogP contribution in [-0.2, 0) is 22.6 Å². The summed E-state index contributed by atoms with van der Waals surface area (Å²) in [6.45, 7) is 5.97. The molecular weight excluding hydrogens is 395 g/mol. The molecule has 1 unspecified atom stereocenters. The molecule has 0 aliphatic rings. The molecule has 0 radical (unpaired) electrons. The van der Waals surface area contributed by atoms with E-state index < -0.39 is 6.04 Å². The summed E-state index contributed by atoms with van der Waals surface area (Å²) < 4.78 is 0. The summed E-state index contributed by atoms with van der Waals surface area (Å²) in [5, 5.41) is 4.06. The molecule has 1 atom stereocenters. The molecule has 0 spiro atoms. The summed E-state index contributed by atoms with van der Waals surface area (Å²) in [6, 6.07) is 14.0. The number of rotatable bonds is 8. The van der Waals surface area contributed by atoms with E-state index in [0.717, 1.165) is 11.1 Å². The molecule has 0 aliphatic carbocycles. The molecule has 2 aromatic carbocycles. The first-order valence-electron chi connectivity index (χ1n) is 9.39. The van der Waals surface area contributed by atoms with E-state index in [1.165, 1.54) is 0 Å². The third-order valence-corrected chi connectivity index (χ3v) is 4.96. The van der Waals surface area contributed by atoms with Gasteiger partial charge in [0.15, 0.2) is 0 Å². The Hall–Kier alpha value is -2.04. The van der Waals surface area contributed by atoms with Crippen molar-refractivity contribution < 1.29 is 9.59 Å². The standard InChI is InChI=1S/C22H26Cl2N2O2/c1-4-20(22(28)25-15(2)3)26(14-17-9-5-6-11-19(17)24)21(27)13-16-8-7-10-18(23)12-16/h5-12,15,20H,4,13-14H2,1-3H3,(H,25,28). The molecule has 150 valence electrons. The lowest BCUT2D eigenvalue weighted by Crippen LogP contribution is -2.50. The van der Waals surface area contributed by atoms with Crippen LogP contribution in [0, 0.1) is 0 Å². The smallest absolute Gasteiger partial charge is 0.243 e. The zero-order chi connectivity index (χ0) is 20.7. The first-order valence-corrected chi connectivity index (χ1v) is 10.1. The fraction of sp³-hybridized carbons (Fsp3) is 0.364. The Kier molecular flexibility index (Phi) is 8.34. The van der Waals surface area contributed by atoms with E-state index in [1.54, 1.807) is 23.1 Å². The Morgan fingerprint density at radius 3 is 2.39 bits per heavy atom.